The average molecular weight is 495 g/mol. The average Bonchev–Trinajstić information content (AvgIpc) is 2.75. The first-order valence-electron chi connectivity index (χ1n) is 11.7. The lowest BCUT2D eigenvalue weighted by Gasteiger charge is -2.37. The zero-order valence-corrected chi connectivity index (χ0v) is 22.1. The maximum atomic E-state index is 15.2. The van der Waals surface area contributed by atoms with Crippen LogP contribution in [0.1, 0.15) is 66.5 Å². The molecule has 0 aliphatic carbocycles. The van der Waals surface area contributed by atoms with Crippen molar-refractivity contribution in [3.05, 3.63) is 63.8 Å². The standard InChI is InChI=1S/C27H33BFN2O5/c1-16(32)35-15-19-20(28-36-27(7,8)26(5,6)34)10-9-11-22(19)31-24(33)23-17(14-30-31)12-18(13-21(23)29)25(2,3)4/h9-14,34H,15H2,1-8H3. The first-order chi connectivity index (χ1) is 16.5. The first kappa shape index (κ1) is 27.6. The Kier molecular flexibility index (Phi) is 7.49. The molecule has 0 aliphatic rings. The molecule has 1 radical (unpaired) electrons. The number of nitrogens with zero attached hydrogens (tertiary/aromatic N) is 2. The number of hydrogen-bond acceptors (Lipinski definition) is 6. The minimum absolute atomic E-state index is 0.0785. The van der Waals surface area contributed by atoms with Crippen LogP contribution in [0.4, 0.5) is 4.39 Å². The summed E-state index contributed by atoms with van der Waals surface area (Å²) in [6, 6.07) is 8.21. The fraction of sp³-hybridized carbons (Fsp3) is 0.444. The number of carbonyl (C=O) groups is 1. The SMILES string of the molecule is CC(=O)OCc1c([B]OC(C)(C)C(C)(C)O)cccc1-n1ncc2cc(C(C)(C)C)cc(F)c2c1=O. The molecule has 36 heavy (non-hydrogen) atoms. The van der Waals surface area contributed by atoms with Gasteiger partial charge in [-0.25, -0.2) is 4.39 Å². The normalized spacial score (nSPS) is 12.6. The number of aromatic nitrogens is 2. The summed E-state index contributed by atoms with van der Waals surface area (Å²) in [6.07, 6.45) is 1.45. The predicted molar refractivity (Wildman–Crippen MR) is 138 cm³/mol. The smallest absolute Gasteiger partial charge is 0.331 e. The van der Waals surface area contributed by atoms with Gasteiger partial charge in [-0.2, -0.15) is 9.78 Å². The molecule has 0 saturated carbocycles. The number of fused-ring (bicyclic) bond motifs is 1. The molecule has 2 aromatic carbocycles. The third kappa shape index (κ3) is 5.68. The van der Waals surface area contributed by atoms with Gasteiger partial charge < -0.3 is 14.5 Å². The monoisotopic (exact) mass is 495 g/mol. The Bertz CT molecular complexity index is 1350. The summed E-state index contributed by atoms with van der Waals surface area (Å²) < 4.78 is 27.4. The van der Waals surface area contributed by atoms with Gasteiger partial charge in [-0.05, 0) is 62.3 Å². The van der Waals surface area contributed by atoms with E-state index in [1.807, 2.05) is 20.8 Å². The van der Waals surface area contributed by atoms with Gasteiger partial charge in [0.05, 0.1) is 28.5 Å². The molecule has 7 nitrogen and oxygen atoms in total. The van der Waals surface area contributed by atoms with E-state index in [9.17, 15) is 14.7 Å². The second-order valence-electron chi connectivity index (χ2n) is 11.0. The van der Waals surface area contributed by atoms with Crippen molar-refractivity contribution < 1.29 is 23.7 Å². The summed E-state index contributed by atoms with van der Waals surface area (Å²) in [5, 5.41) is 15.1. The van der Waals surface area contributed by atoms with E-state index in [1.54, 1.807) is 52.0 Å². The topological polar surface area (TPSA) is 90.7 Å². The molecule has 1 heterocycles. The van der Waals surface area contributed by atoms with E-state index in [1.165, 1.54) is 26.7 Å². The molecule has 0 spiro atoms. The molecule has 0 atom stereocenters. The third-order valence-corrected chi connectivity index (χ3v) is 6.49. The van der Waals surface area contributed by atoms with Gasteiger partial charge in [-0.15, -0.1) is 0 Å². The van der Waals surface area contributed by atoms with Crippen molar-refractivity contribution in [3.8, 4) is 5.69 Å². The lowest BCUT2D eigenvalue weighted by molar-refractivity contribution is -0.142. The number of benzene rings is 2. The lowest BCUT2D eigenvalue weighted by Crippen LogP contribution is -2.49. The van der Waals surface area contributed by atoms with E-state index in [-0.39, 0.29) is 17.4 Å². The van der Waals surface area contributed by atoms with Crippen LogP contribution < -0.4 is 11.0 Å². The molecule has 3 aromatic rings. The van der Waals surface area contributed by atoms with Crippen LogP contribution in [-0.2, 0) is 26.2 Å². The number of aliphatic hydroxyl groups is 1. The molecular weight excluding hydrogens is 462 g/mol. The van der Waals surface area contributed by atoms with Crippen LogP contribution in [0.5, 0.6) is 0 Å². The number of hydrogen-bond donors (Lipinski definition) is 1. The van der Waals surface area contributed by atoms with Crippen molar-refractivity contribution in [2.45, 2.75) is 78.6 Å². The van der Waals surface area contributed by atoms with Gasteiger partial charge in [0.1, 0.15) is 12.4 Å². The van der Waals surface area contributed by atoms with E-state index in [0.717, 1.165) is 10.2 Å². The Morgan fingerprint density at radius 2 is 1.81 bits per heavy atom. The van der Waals surface area contributed by atoms with Crippen LogP contribution in [-0.4, -0.2) is 39.5 Å². The van der Waals surface area contributed by atoms with Crippen molar-refractivity contribution in [3.63, 3.8) is 0 Å². The van der Waals surface area contributed by atoms with Crippen molar-refractivity contribution in [1.29, 1.82) is 0 Å². The largest absolute Gasteiger partial charge is 0.461 e. The minimum atomic E-state index is -1.16. The highest BCUT2D eigenvalue weighted by Crippen LogP contribution is 2.27. The highest BCUT2D eigenvalue weighted by molar-refractivity contribution is 6.48. The van der Waals surface area contributed by atoms with Crippen LogP contribution >= 0.6 is 0 Å². The Balaban J connectivity index is 2.16. The third-order valence-electron chi connectivity index (χ3n) is 6.49. The molecule has 9 heteroatoms. The Hall–Kier alpha value is -3.04. The summed E-state index contributed by atoms with van der Waals surface area (Å²) in [5.41, 5.74) is -1.01. The summed E-state index contributed by atoms with van der Waals surface area (Å²) in [5.74, 6) is -1.13. The number of esters is 1. The summed E-state index contributed by atoms with van der Waals surface area (Å²) >= 11 is 0. The summed E-state index contributed by atoms with van der Waals surface area (Å²) in [7, 11) is 1.45. The highest BCUT2D eigenvalue weighted by Gasteiger charge is 2.36. The van der Waals surface area contributed by atoms with E-state index in [0.29, 0.717) is 22.1 Å². The fourth-order valence-electron chi connectivity index (χ4n) is 3.43. The molecule has 1 N–H and O–H groups in total. The summed E-state index contributed by atoms with van der Waals surface area (Å²) in [4.78, 5) is 25.0. The molecule has 0 bridgehead atoms. The zero-order chi connectivity index (χ0) is 27.1. The van der Waals surface area contributed by atoms with E-state index < -0.39 is 28.5 Å². The molecule has 0 saturated heterocycles. The predicted octanol–water partition coefficient (Wildman–Crippen LogP) is 3.70. The minimum Gasteiger partial charge on any atom is -0.461 e. The van der Waals surface area contributed by atoms with Gasteiger partial charge in [0.25, 0.3) is 5.56 Å². The summed E-state index contributed by atoms with van der Waals surface area (Å²) in [6.45, 7) is 13.8. The molecule has 1 aromatic heterocycles. The van der Waals surface area contributed by atoms with Crippen LogP contribution in [0.2, 0.25) is 0 Å². The van der Waals surface area contributed by atoms with Crippen molar-refractivity contribution in [1.82, 2.24) is 9.78 Å². The van der Waals surface area contributed by atoms with Gasteiger partial charge in [-0.1, -0.05) is 32.9 Å². The van der Waals surface area contributed by atoms with Crippen molar-refractivity contribution >= 4 is 29.7 Å². The van der Waals surface area contributed by atoms with E-state index in [4.69, 9.17) is 9.39 Å². The van der Waals surface area contributed by atoms with Crippen molar-refractivity contribution in [2.24, 2.45) is 0 Å². The first-order valence-corrected chi connectivity index (χ1v) is 11.7. The fourth-order valence-corrected chi connectivity index (χ4v) is 3.43. The van der Waals surface area contributed by atoms with Gasteiger partial charge in [0.15, 0.2) is 0 Å². The Morgan fingerprint density at radius 1 is 1.14 bits per heavy atom. The maximum Gasteiger partial charge on any atom is 0.331 e. The van der Waals surface area contributed by atoms with Gasteiger partial charge >= 0.3 is 13.5 Å². The molecule has 191 valence electrons. The van der Waals surface area contributed by atoms with Gasteiger partial charge in [-0.3, -0.25) is 9.59 Å². The van der Waals surface area contributed by atoms with E-state index in [2.05, 4.69) is 5.10 Å². The second kappa shape index (κ2) is 9.79. The van der Waals surface area contributed by atoms with Crippen molar-refractivity contribution in [2.75, 3.05) is 0 Å². The van der Waals surface area contributed by atoms with Crippen LogP contribution in [0.3, 0.4) is 0 Å². The van der Waals surface area contributed by atoms with Gasteiger partial charge in [0, 0.05) is 17.9 Å². The van der Waals surface area contributed by atoms with Crippen LogP contribution in [0, 0.1) is 5.82 Å². The molecule has 0 unspecified atom stereocenters. The molecule has 0 aliphatic heterocycles. The second-order valence-corrected chi connectivity index (χ2v) is 11.0. The highest BCUT2D eigenvalue weighted by atomic mass is 19.1. The Morgan fingerprint density at radius 3 is 2.39 bits per heavy atom. The molecular formula is C27H33BFN2O5. The molecule has 3 rings (SSSR count). The van der Waals surface area contributed by atoms with Crippen LogP contribution in [0.25, 0.3) is 16.5 Å². The lowest BCUT2D eigenvalue weighted by atomic mass is 9.80. The number of ether oxygens (including phenoxy) is 1. The number of rotatable bonds is 7. The molecule has 0 fully saturated rings. The molecule has 0 amide bonds. The van der Waals surface area contributed by atoms with Gasteiger partial charge in [0.2, 0.25) is 0 Å². The quantitative estimate of drug-likeness (QED) is 0.397. The zero-order valence-electron chi connectivity index (χ0n) is 22.1. The Labute approximate surface area is 211 Å². The van der Waals surface area contributed by atoms with E-state index >= 15 is 4.39 Å². The number of halogens is 1. The maximum absolute atomic E-state index is 15.2. The van der Waals surface area contributed by atoms with Crippen LogP contribution in [0.15, 0.2) is 41.3 Å². The number of carbonyl (C=O) groups excluding carboxylic acids is 1.